The van der Waals surface area contributed by atoms with Crippen LogP contribution in [0.25, 0.3) is 11.4 Å². The maximum atomic E-state index is 11.5. The van der Waals surface area contributed by atoms with Gasteiger partial charge in [-0.25, -0.2) is 4.79 Å². The van der Waals surface area contributed by atoms with E-state index < -0.39 is 18.4 Å². The van der Waals surface area contributed by atoms with Gasteiger partial charge < -0.3 is 9.84 Å². The summed E-state index contributed by atoms with van der Waals surface area (Å²) in [7, 11) is 1.29. The third kappa shape index (κ3) is 2.86. The standard InChI is InChI=1S/C14H12N2O4/c1-20-14(19)10-3-5-16-12(7-10)11-6-9(2-4-15-11)13(18)8-17/h2-7,17H,8H2,1H3. The van der Waals surface area contributed by atoms with Crippen molar-refractivity contribution in [2.24, 2.45) is 0 Å². The fraction of sp³-hybridized carbons (Fsp3) is 0.143. The van der Waals surface area contributed by atoms with Gasteiger partial charge in [-0.05, 0) is 24.3 Å². The predicted molar refractivity (Wildman–Crippen MR) is 70.2 cm³/mol. The van der Waals surface area contributed by atoms with E-state index in [0.717, 1.165) is 0 Å². The molecule has 0 saturated carbocycles. The number of Topliss-reactive ketones (excluding diaryl/α,β-unsaturated/α-hetero) is 1. The molecule has 0 atom stereocenters. The van der Waals surface area contributed by atoms with E-state index in [0.29, 0.717) is 22.5 Å². The third-order valence-electron chi connectivity index (χ3n) is 2.67. The molecule has 0 aliphatic carbocycles. The number of aliphatic hydroxyl groups excluding tert-OH is 1. The smallest absolute Gasteiger partial charge is 0.337 e. The highest BCUT2D eigenvalue weighted by molar-refractivity contribution is 5.97. The molecule has 0 aliphatic heterocycles. The quantitative estimate of drug-likeness (QED) is 0.662. The Kier molecular flexibility index (Phi) is 4.17. The van der Waals surface area contributed by atoms with Gasteiger partial charge in [0.1, 0.15) is 6.61 Å². The monoisotopic (exact) mass is 272 g/mol. The summed E-state index contributed by atoms with van der Waals surface area (Å²) in [6, 6.07) is 6.08. The topological polar surface area (TPSA) is 89.4 Å². The molecular weight excluding hydrogens is 260 g/mol. The lowest BCUT2D eigenvalue weighted by Crippen LogP contribution is -2.05. The van der Waals surface area contributed by atoms with Crippen molar-refractivity contribution in [2.45, 2.75) is 0 Å². The van der Waals surface area contributed by atoms with Crippen molar-refractivity contribution in [3.8, 4) is 11.4 Å². The van der Waals surface area contributed by atoms with Crippen LogP contribution in [0.4, 0.5) is 0 Å². The van der Waals surface area contributed by atoms with Gasteiger partial charge in [0.2, 0.25) is 0 Å². The zero-order chi connectivity index (χ0) is 14.5. The summed E-state index contributed by atoms with van der Waals surface area (Å²) in [5, 5.41) is 8.85. The first-order chi connectivity index (χ1) is 9.65. The molecule has 20 heavy (non-hydrogen) atoms. The molecule has 102 valence electrons. The minimum atomic E-state index is -0.570. The lowest BCUT2D eigenvalue weighted by molar-refractivity contribution is 0.0600. The third-order valence-corrected chi connectivity index (χ3v) is 2.67. The van der Waals surface area contributed by atoms with Crippen molar-refractivity contribution in [1.29, 1.82) is 0 Å². The summed E-state index contributed by atoms with van der Waals surface area (Å²) in [5.74, 6) is -0.881. The fourth-order valence-corrected chi connectivity index (χ4v) is 1.65. The van der Waals surface area contributed by atoms with Gasteiger partial charge in [0.25, 0.3) is 0 Å². The average molecular weight is 272 g/mol. The van der Waals surface area contributed by atoms with E-state index in [9.17, 15) is 9.59 Å². The van der Waals surface area contributed by atoms with Crippen LogP contribution in [0.3, 0.4) is 0 Å². The van der Waals surface area contributed by atoms with E-state index in [1.54, 1.807) is 0 Å². The Labute approximate surface area is 115 Å². The van der Waals surface area contributed by atoms with E-state index in [-0.39, 0.29) is 0 Å². The number of pyridine rings is 2. The van der Waals surface area contributed by atoms with E-state index in [2.05, 4.69) is 14.7 Å². The van der Waals surface area contributed by atoms with Crippen molar-refractivity contribution < 1.29 is 19.4 Å². The van der Waals surface area contributed by atoms with Crippen molar-refractivity contribution in [3.05, 3.63) is 47.8 Å². The summed E-state index contributed by atoms with van der Waals surface area (Å²) < 4.78 is 4.63. The van der Waals surface area contributed by atoms with Gasteiger partial charge in [-0.2, -0.15) is 0 Å². The number of carbonyl (C=O) groups is 2. The Morgan fingerprint density at radius 2 is 1.65 bits per heavy atom. The van der Waals surface area contributed by atoms with Gasteiger partial charge in [0.15, 0.2) is 5.78 Å². The second-order valence-electron chi connectivity index (χ2n) is 3.93. The lowest BCUT2D eigenvalue weighted by Gasteiger charge is -2.04. The maximum absolute atomic E-state index is 11.5. The summed E-state index contributed by atoms with van der Waals surface area (Å²) >= 11 is 0. The molecule has 6 nitrogen and oxygen atoms in total. The number of hydrogen-bond acceptors (Lipinski definition) is 6. The molecule has 0 saturated heterocycles. The Morgan fingerprint density at radius 1 is 1.10 bits per heavy atom. The van der Waals surface area contributed by atoms with Gasteiger partial charge in [0.05, 0.1) is 24.1 Å². The molecule has 6 heteroatoms. The Balaban J connectivity index is 2.41. The molecule has 0 aromatic carbocycles. The first kappa shape index (κ1) is 13.8. The van der Waals surface area contributed by atoms with Crippen molar-refractivity contribution in [3.63, 3.8) is 0 Å². The van der Waals surface area contributed by atoms with Crippen LogP contribution in [0.2, 0.25) is 0 Å². The summed E-state index contributed by atoms with van der Waals surface area (Å²) in [6.07, 6.45) is 2.91. The molecular formula is C14H12N2O4. The number of aliphatic hydroxyl groups is 1. The number of esters is 1. The van der Waals surface area contributed by atoms with Crippen molar-refractivity contribution >= 4 is 11.8 Å². The first-order valence-corrected chi connectivity index (χ1v) is 5.80. The number of nitrogens with zero attached hydrogens (tertiary/aromatic N) is 2. The largest absolute Gasteiger partial charge is 0.465 e. The van der Waals surface area contributed by atoms with Gasteiger partial charge in [-0.15, -0.1) is 0 Å². The highest BCUT2D eigenvalue weighted by Crippen LogP contribution is 2.17. The second-order valence-corrected chi connectivity index (χ2v) is 3.93. The molecule has 2 aromatic heterocycles. The van der Waals surface area contributed by atoms with E-state index in [4.69, 9.17) is 5.11 Å². The number of ether oxygens (including phenoxy) is 1. The van der Waals surface area contributed by atoms with Gasteiger partial charge in [-0.1, -0.05) is 0 Å². The minimum Gasteiger partial charge on any atom is -0.465 e. The molecule has 2 heterocycles. The number of ketones is 1. The Morgan fingerprint density at radius 3 is 2.20 bits per heavy atom. The highest BCUT2D eigenvalue weighted by Gasteiger charge is 2.11. The predicted octanol–water partition coefficient (Wildman–Crippen LogP) is 1.11. The lowest BCUT2D eigenvalue weighted by atomic mass is 10.1. The van der Waals surface area contributed by atoms with Crippen LogP contribution in [0.15, 0.2) is 36.7 Å². The Hall–Kier alpha value is -2.60. The molecule has 0 amide bonds. The van der Waals surface area contributed by atoms with Gasteiger partial charge >= 0.3 is 5.97 Å². The average Bonchev–Trinajstić information content (AvgIpc) is 2.53. The summed E-state index contributed by atoms with van der Waals surface area (Å²) in [6.45, 7) is -0.570. The van der Waals surface area contributed by atoms with E-state index >= 15 is 0 Å². The molecule has 0 fully saturated rings. The van der Waals surface area contributed by atoms with Crippen LogP contribution in [0.5, 0.6) is 0 Å². The van der Waals surface area contributed by atoms with E-state index in [1.807, 2.05) is 0 Å². The number of aromatic nitrogens is 2. The number of carbonyl (C=O) groups excluding carboxylic acids is 2. The number of rotatable bonds is 4. The molecule has 0 spiro atoms. The highest BCUT2D eigenvalue weighted by atomic mass is 16.5. The van der Waals surface area contributed by atoms with Crippen LogP contribution in [0.1, 0.15) is 20.7 Å². The van der Waals surface area contributed by atoms with Crippen molar-refractivity contribution in [2.75, 3.05) is 13.7 Å². The maximum Gasteiger partial charge on any atom is 0.337 e. The van der Waals surface area contributed by atoms with E-state index in [1.165, 1.54) is 43.8 Å². The second kappa shape index (κ2) is 6.03. The molecule has 0 bridgehead atoms. The molecule has 1 N–H and O–H groups in total. The van der Waals surface area contributed by atoms with Crippen LogP contribution in [0, 0.1) is 0 Å². The van der Waals surface area contributed by atoms with Crippen molar-refractivity contribution in [1.82, 2.24) is 9.97 Å². The number of hydrogen-bond donors (Lipinski definition) is 1. The first-order valence-electron chi connectivity index (χ1n) is 5.80. The molecule has 2 aromatic rings. The summed E-state index contributed by atoms with van der Waals surface area (Å²) in [5.41, 5.74) is 1.57. The van der Waals surface area contributed by atoms with Crippen LogP contribution < -0.4 is 0 Å². The molecule has 2 rings (SSSR count). The Bertz CT molecular complexity index is 598. The molecule has 0 radical (unpaired) electrons. The van der Waals surface area contributed by atoms with Gasteiger partial charge in [-0.3, -0.25) is 14.8 Å². The summed E-state index contributed by atoms with van der Waals surface area (Å²) in [4.78, 5) is 31.1. The van der Waals surface area contributed by atoms with Crippen LogP contribution in [-0.2, 0) is 4.74 Å². The van der Waals surface area contributed by atoms with Crippen LogP contribution >= 0.6 is 0 Å². The SMILES string of the molecule is COC(=O)c1ccnc(-c2cc(C(=O)CO)ccn2)c1. The molecule has 0 unspecified atom stereocenters. The molecule has 0 aliphatic rings. The normalized spacial score (nSPS) is 10.1. The zero-order valence-electron chi connectivity index (χ0n) is 10.7. The zero-order valence-corrected chi connectivity index (χ0v) is 10.7. The minimum absolute atomic E-state index is 0.336. The number of methoxy groups -OCH3 is 1. The fourth-order valence-electron chi connectivity index (χ4n) is 1.65. The van der Waals surface area contributed by atoms with Gasteiger partial charge in [0, 0.05) is 18.0 Å². The van der Waals surface area contributed by atoms with Crippen LogP contribution in [-0.4, -0.2) is 40.5 Å².